The second-order valence-corrected chi connectivity index (χ2v) is 6.84. The molecule has 7 heteroatoms. The monoisotopic (exact) mass is 362 g/mol. The highest BCUT2D eigenvalue weighted by molar-refractivity contribution is 6.44. The first-order valence-corrected chi connectivity index (χ1v) is 8.19. The van der Waals surface area contributed by atoms with Crippen molar-refractivity contribution in [2.75, 3.05) is 11.9 Å². The van der Waals surface area contributed by atoms with Gasteiger partial charge >= 0.3 is 0 Å². The maximum absolute atomic E-state index is 12.6. The Labute approximate surface area is 144 Å². The van der Waals surface area contributed by atoms with E-state index in [1.165, 1.54) is 12.1 Å². The molecule has 1 saturated heterocycles. The number of likely N-dealkylation sites (tertiary alicyclic amines) is 1. The summed E-state index contributed by atoms with van der Waals surface area (Å²) in [5.74, 6) is -0.275. The molecule has 2 rings (SSSR count). The van der Waals surface area contributed by atoms with Gasteiger partial charge in [0.05, 0.1) is 20.8 Å². The Balaban J connectivity index is 2.22. The molecule has 120 valence electrons. The highest BCUT2D eigenvalue weighted by Crippen LogP contribution is 2.32. The number of anilines is 1. The normalized spacial score (nSPS) is 16.3. The van der Waals surface area contributed by atoms with E-state index in [0.717, 1.165) is 6.42 Å². The number of carbonyl (C=O) groups excluding carboxylic acids is 2. The molecule has 0 bridgehead atoms. The minimum atomic E-state index is -0.527. The molecule has 0 saturated carbocycles. The highest BCUT2D eigenvalue weighted by Gasteiger charge is 2.35. The lowest BCUT2D eigenvalue weighted by molar-refractivity contribution is -0.136. The molecule has 2 amide bonds. The maximum Gasteiger partial charge on any atom is 0.247 e. The second kappa shape index (κ2) is 7.07. The first kappa shape index (κ1) is 17.4. The fourth-order valence-electron chi connectivity index (χ4n) is 2.59. The summed E-state index contributed by atoms with van der Waals surface area (Å²) in [6, 6.07) is 2.46. The van der Waals surface area contributed by atoms with Crippen LogP contribution in [0.4, 0.5) is 5.69 Å². The predicted molar refractivity (Wildman–Crippen MR) is 89.7 cm³/mol. The largest absolute Gasteiger partial charge is 0.330 e. The Bertz CT molecular complexity index is 605. The van der Waals surface area contributed by atoms with Crippen LogP contribution in [0.25, 0.3) is 0 Å². The Morgan fingerprint density at radius 1 is 1.18 bits per heavy atom. The summed E-state index contributed by atoms with van der Waals surface area (Å²) in [4.78, 5) is 26.1. The molecular formula is C15H17Cl3N2O2. The SMILES string of the molecule is CC(C)[C@H](C(=O)Nc1cc(Cl)c(Cl)cc1Cl)N1CCCC1=O. The van der Waals surface area contributed by atoms with Gasteiger partial charge in [-0.25, -0.2) is 0 Å². The zero-order valence-electron chi connectivity index (χ0n) is 12.3. The number of hydrogen-bond donors (Lipinski definition) is 1. The van der Waals surface area contributed by atoms with Crippen molar-refractivity contribution in [3.8, 4) is 0 Å². The van der Waals surface area contributed by atoms with E-state index in [9.17, 15) is 9.59 Å². The van der Waals surface area contributed by atoms with Gasteiger partial charge in [-0.3, -0.25) is 9.59 Å². The lowest BCUT2D eigenvalue weighted by Crippen LogP contribution is -2.48. The molecule has 1 aliphatic rings. The van der Waals surface area contributed by atoms with Gasteiger partial charge in [0.1, 0.15) is 6.04 Å². The van der Waals surface area contributed by atoms with E-state index in [-0.39, 0.29) is 17.7 Å². The Morgan fingerprint density at radius 2 is 1.82 bits per heavy atom. The van der Waals surface area contributed by atoms with Gasteiger partial charge in [0.25, 0.3) is 0 Å². The molecule has 1 fully saturated rings. The minimum absolute atomic E-state index is 0.00841. The van der Waals surface area contributed by atoms with E-state index >= 15 is 0 Å². The molecule has 1 atom stereocenters. The predicted octanol–water partition coefficient (Wildman–Crippen LogP) is 4.23. The fraction of sp³-hybridized carbons (Fsp3) is 0.467. The van der Waals surface area contributed by atoms with E-state index in [1.54, 1.807) is 4.90 Å². The molecule has 22 heavy (non-hydrogen) atoms. The number of amides is 2. The molecule has 1 aromatic rings. The summed E-state index contributed by atoms with van der Waals surface area (Å²) in [7, 11) is 0. The van der Waals surface area contributed by atoms with Gasteiger partial charge in [-0.15, -0.1) is 0 Å². The van der Waals surface area contributed by atoms with Crippen LogP contribution >= 0.6 is 34.8 Å². The van der Waals surface area contributed by atoms with Crippen molar-refractivity contribution in [1.29, 1.82) is 0 Å². The first-order chi connectivity index (χ1) is 10.3. The molecule has 0 unspecified atom stereocenters. The van der Waals surface area contributed by atoms with Crippen LogP contribution in [-0.2, 0) is 9.59 Å². The molecule has 0 aromatic heterocycles. The van der Waals surface area contributed by atoms with Crippen LogP contribution < -0.4 is 5.32 Å². The van der Waals surface area contributed by atoms with Gasteiger partial charge in [0.2, 0.25) is 11.8 Å². The number of halogens is 3. The molecule has 1 aliphatic heterocycles. The molecule has 1 aromatic carbocycles. The fourth-order valence-corrected chi connectivity index (χ4v) is 3.19. The van der Waals surface area contributed by atoms with Crippen LogP contribution in [0.15, 0.2) is 12.1 Å². The Morgan fingerprint density at radius 3 is 2.36 bits per heavy atom. The number of hydrogen-bond acceptors (Lipinski definition) is 2. The molecule has 0 spiro atoms. The minimum Gasteiger partial charge on any atom is -0.330 e. The molecule has 0 aliphatic carbocycles. The molecule has 1 heterocycles. The van der Waals surface area contributed by atoms with Gasteiger partial charge in [-0.2, -0.15) is 0 Å². The van der Waals surface area contributed by atoms with Crippen LogP contribution in [0, 0.1) is 5.92 Å². The van der Waals surface area contributed by atoms with Crippen molar-refractivity contribution < 1.29 is 9.59 Å². The first-order valence-electron chi connectivity index (χ1n) is 7.06. The molecule has 0 radical (unpaired) electrons. The lowest BCUT2D eigenvalue weighted by Gasteiger charge is -2.30. The van der Waals surface area contributed by atoms with Crippen molar-refractivity contribution in [1.82, 2.24) is 4.90 Å². The van der Waals surface area contributed by atoms with Gasteiger partial charge in [0.15, 0.2) is 0 Å². The molecular weight excluding hydrogens is 347 g/mol. The summed E-state index contributed by atoms with van der Waals surface area (Å²) in [5, 5.41) is 3.68. The zero-order valence-corrected chi connectivity index (χ0v) is 14.6. The van der Waals surface area contributed by atoms with Crippen LogP contribution in [0.1, 0.15) is 26.7 Å². The Hall–Kier alpha value is -0.970. The summed E-state index contributed by atoms with van der Waals surface area (Å²) in [6.07, 6.45) is 1.27. The lowest BCUT2D eigenvalue weighted by atomic mass is 10.0. The van der Waals surface area contributed by atoms with Gasteiger partial charge < -0.3 is 10.2 Å². The topological polar surface area (TPSA) is 49.4 Å². The van der Waals surface area contributed by atoms with E-state index in [2.05, 4.69) is 5.32 Å². The summed E-state index contributed by atoms with van der Waals surface area (Å²) in [6.45, 7) is 4.42. The van der Waals surface area contributed by atoms with Crippen LogP contribution in [0.5, 0.6) is 0 Å². The van der Waals surface area contributed by atoms with E-state index in [0.29, 0.717) is 33.7 Å². The van der Waals surface area contributed by atoms with Crippen molar-refractivity contribution in [3.63, 3.8) is 0 Å². The third-order valence-corrected chi connectivity index (χ3v) is 4.65. The van der Waals surface area contributed by atoms with E-state index < -0.39 is 6.04 Å². The van der Waals surface area contributed by atoms with Gasteiger partial charge in [-0.1, -0.05) is 48.7 Å². The zero-order chi connectivity index (χ0) is 16.4. The molecule has 1 N–H and O–H groups in total. The maximum atomic E-state index is 12.6. The third-order valence-electron chi connectivity index (χ3n) is 3.61. The summed E-state index contributed by atoms with van der Waals surface area (Å²) >= 11 is 17.9. The molecule has 4 nitrogen and oxygen atoms in total. The quantitative estimate of drug-likeness (QED) is 0.814. The van der Waals surface area contributed by atoms with Crippen molar-refractivity contribution in [2.24, 2.45) is 5.92 Å². The van der Waals surface area contributed by atoms with Crippen LogP contribution in [0.3, 0.4) is 0 Å². The van der Waals surface area contributed by atoms with Gasteiger partial charge in [0, 0.05) is 13.0 Å². The van der Waals surface area contributed by atoms with Crippen molar-refractivity contribution in [2.45, 2.75) is 32.7 Å². The van der Waals surface area contributed by atoms with E-state index in [1.807, 2.05) is 13.8 Å². The van der Waals surface area contributed by atoms with Crippen LogP contribution in [0.2, 0.25) is 15.1 Å². The van der Waals surface area contributed by atoms with E-state index in [4.69, 9.17) is 34.8 Å². The van der Waals surface area contributed by atoms with Crippen molar-refractivity contribution in [3.05, 3.63) is 27.2 Å². The third kappa shape index (κ3) is 3.67. The average molecular weight is 364 g/mol. The summed E-state index contributed by atoms with van der Waals surface area (Å²) < 4.78 is 0. The number of benzene rings is 1. The summed E-state index contributed by atoms with van der Waals surface area (Å²) in [5.41, 5.74) is 0.387. The van der Waals surface area contributed by atoms with Gasteiger partial charge in [-0.05, 0) is 24.5 Å². The number of nitrogens with zero attached hydrogens (tertiary/aromatic N) is 1. The number of nitrogens with one attached hydrogen (secondary N) is 1. The Kier molecular flexibility index (Phi) is 5.59. The van der Waals surface area contributed by atoms with Crippen LogP contribution in [-0.4, -0.2) is 29.3 Å². The number of rotatable bonds is 4. The smallest absolute Gasteiger partial charge is 0.247 e. The van der Waals surface area contributed by atoms with Crippen molar-refractivity contribution >= 4 is 52.3 Å². The second-order valence-electron chi connectivity index (χ2n) is 5.61. The highest BCUT2D eigenvalue weighted by atomic mass is 35.5. The number of carbonyl (C=O) groups is 2. The average Bonchev–Trinajstić information content (AvgIpc) is 2.82. The standard InChI is InChI=1S/C15H17Cl3N2O2/c1-8(2)14(20-5-3-4-13(20)21)15(22)19-12-7-10(17)9(16)6-11(12)18/h6-8,14H,3-5H2,1-2H3,(H,19,22)/t14-/m1/s1.